The lowest BCUT2D eigenvalue weighted by Crippen LogP contribution is -2.33. The summed E-state index contributed by atoms with van der Waals surface area (Å²) in [6.07, 6.45) is 3.95. The summed E-state index contributed by atoms with van der Waals surface area (Å²) in [7, 11) is 0. The third kappa shape index (κ3) is 2.25. The molecule has 0 spiro atoms. The predicted molar refractivity (Wildman–Crippen MR) is 58.7 cm³/mol. The van der Waals surface area contributed by atoms with Gasteiger partial charge >= 0.3 is 0 Å². The molecular formula is C11H19N3O2. The van der Waals surface area contributed by atoms with Crippen LogP contribution in [0.4, 0.5) is 0 Å². The molecule has 2 unspecified atom stereocenters. The summed E-state index contributed by atoms with van der Waals surface area (Å²) < 4.78 is 10.8. The number of aromatic nitrogens is 2. The van der Waals surface area contributed by atoms with Gasteiger partial charge < -0.3 is 15.0 Å². The highest BCUT2D eigenvalue weighted by Crippen LogP contribution is 2.28. The van der Waals surface area contributed by atoms with Gasteiger partial charge in [0.15, 0.2) is 5.82 Å². The third-order valence-corrected chi connectivity index (χ3v) is 3.14. The Balaban J connectivity index is 2.12. The number of hydrogen-bond acceptors (Lipinski definition) is 5. The van der Waals surface area contributed by atoms with Crippen LogP contribution in [0.15, 0.2) is 4.52 Å². The van der Waals surface area contributed by atoms with Crippen LogP contribution in [0.3, 0.4) is 0 Å². The number of nitrogens with zero attached hydrogens (tertiary/aromatic N) is 2. The lowest BCUT2D eigenvalue weighted by molar-refractivity contribution is -0.00459. The van der Waals surface area contributed by atoms with Crippen LogP contribution in [0.5, 0.6) is 0 Å². The highest BCUT2D eigenvalue weighted by Gasteiger charge is 2.28. The van der Waals surface area contributed by atoms with Gasteiger partial charge in [0, 0.05) is 6.61 Å². The van der Waals surface area contributed by atoms with Gasteiger partial charge in [0.2, 0.25) is 0 Å². The van der Waals surface area contributed by atoms with Gasteiger partial charge in [0.25, 0.3) is 5.89 Å². The molecule has 16 heavy (non-hydrogen) atoms. The van der Waals surface area contributed by atoms with E-state index < -0.39 is 5.54 Å². The molecule has 5 heteroatoms. The Morgan fingerprint density at radius 2 is 2.31 bits per heavy atom. The van der Waals surface area contributed by atoms with Crippen LogP contribution in [0, 0.1) is 0 Å². The first kappa shape index (κ1) is 11.5. The fourth-order valence-electron chi connectivity index (χ4n) is 1.69. The summed E-state index contributed by atoms with van der Waals surface area (Å²) in [5.74, 6) is 1.14. The van der Waals surface area contributed by atoms with Gasteiger partial charge in [-0.2, -0.15) is 4.98 Å². The lowest BCUT2D eigenvalue weighted by Gasteiger charge is -2.19. The van der Waals surface area contributed by atoms with Gasteiger partial charge in [-0.15, -0.1) is 0 Å². The van der Waals surface area contributed by atoms with Crippen molar-refractivity contribution in [3.05, 3.63) is 11.7 Å². The Morgan fingerprint density at radius 1 is 1.50 bits per heavy atom. The molecule has 1 saturated heterocycles. The van der Waals surface area contributed by atoms with E-state index in [2.05, 4.69) is 10.1 Å². The molecule has 0 aliphatic carbocycles. The summed E-state index contributed by atoms with van der Waals surface area (Å²) in [4.78, 5) is 4.35. The van der Waals surface area contributed by atoms with Crippen molar-refractivity contribution in [2.24, 2.45) is 5.73 Å². The van der Waals surface area contributed by atoms with Gasteiger partial charge in [-0.05, 0) is 32.6 Å². The summed E-state index contributed by atoms with van der Waals surface area (Å²) >= 11 is 0. The van der Waals surface area contributed by atoms with E-state index in [1.54, 1.807) is 0 Å². The highest BCUT2D eigenvalue weighted by atomic mass is 16.5. The number of rotatable bonds is 3. The largest absolute Gasteiger partial charge is 0.368 e. The molecule has 1 aliphatic heterocycles. The molecule has 1 aliphatic rings. The fraction of sp³-hybridized carbons (Fsp3) is 0.818. The van der Waals surface area contributed by atoms with Crippen LogP contribution in [0.25, 0.3) is 0 Å². The van der Waals surface area contributed by atoms with Crippen LogP contribution in [-0.4, -0.2) is 16.7 Å². The molecule has 0 amide bonds. The van der Waals surface area contributed by atoms with Gasteiger partial charge in [0.1, 0.15) is 6.10 Å². The predicted octanol–water partition coefficient (Wildman–Crippen LogP) is 1.90. The van der Waals surface area contributed by atoms with E-state index in [0.29, 0.717) is 11.7 Å². The van der Waals surface area contributed by atoms with E-state index in [0.717, 1.165) is 32.3 Å². The first-order valence-electron chi connectivity index (χ1n) is 5.88. The Morgan fingerprint density at radius 3 is 2.94 bits per heavy atom. The van der Waals surface area contributed by atoms with E-state index in [4.69, 9.17) is 15.0 Å². The maximum absolute atomic E-state index is 6.05. The van der Waals surface area contributed by atoms with E-state index in [1.165, 1.54) is 0 Å². The van der Waals surface area contributed by atoms with Gasteiger partial charge in [-0.3, -0.25) is 0 Å². The molecule has 2 rings (SSSR count). The number of nitrogens with two attached hydrogens (primary N) is 1. The average Bonchev–Trinajstić information content (AvgIpc) is 2.80. The van der Waals surface area contributed by atoms with Gasteiger partial charge in [0.05, 0.1) is 5.54 Å². The Bertz CT molecular complexity index is 343. The van der Waals surface area contributed by atoms with Gasteiger partial charge in [-0.1, -0.05) is 12.1 Å². The van der Waals surface area contributed by atoms with Crippen LogP contribution >= 0.6 is 0 Å². The molecule has 5 nitrogen and oxygen atoms in total. The monoisotopic (exact) mass is 225 g/mol. The van der Waals surface area contributed by atoms with Gasteiger partial charge in [-0.25, -0.2) is 0 Å². The Labute approximate surface area is 95.3 Å². The molecule has 0 bridgehead atoms. The zero-order valence-electron chi connectivity index (χ0n) is 9.90. The van der Waals surface area contributed by atoms with Crippen LogP contribution in [0.1, 0.15) is 57.3 Å². The second-order valence-electron chi connectivity index (χ2n) is 4.58. The molecular weight excluding hydrogens is 206 g/mol. The zero-order chi connectivity index (χ0) is 11.6. The molecule has 0 aromatic carbocycles. The minimum Gasteiger partial charge on any atom is -0.368 e. The SMILES string of the molecule is CCC(C)(N)c1noc(C2CCCCO2)n1. The molecule has 1 fully saturated rings. The molecule has 1 aromatic heterocycles. The first-order valence-corrected chi connectivity index (χ1v) is 5.88. The van der Waals surface area contributed by atoms with Crippen molar-refractivity contribution in [2.75, 3.05) is 6.61 Å². The van der Waals surface area contributed by atoms with Crippen molar-refractivity contribution in [1.29, 1.82) is 0 Å². The van der Waals surface area contributed by atoms with Crippen molar-refractivity contribution in [2.45, 2.75) is 51.2 Å². The minimum absolute atomic E-state index is 0.0392. The van der Waals surface area contributed by atoms with Crippen molar-refractivity contribution in [1.82, 2.24) is 10.1 Å². The third-order valence-electron chi connectivity index (χ3n) is 3.14. The van der Waals surface area contributed by atoms with Crippen molar-refractivity contribution in [3.8, 4) is 0 Å². The number of hydrogen-bond donors (Lipinski definition) is 1. The fourth-order valence-corrected chi connectivity index (χ4v) is 1.69. The first-order chi connectivity index (χ1) is 7.63. The molecule has 2 N–H and O–H groups in total. The van der Waals surface area contributed by atoms with E-state index in [9.17, 15) is 0 Å². The summed E-state index contributed by atoms with van der Waals surface area (Å²) in [6, 6.07) is 0. The van der Waals surface area contributed by atoms with E-state index in [-0.39, 0.29) is 6.10 Å². The summed E-state index contributed by atoms with van der Waals surface area (Å²) in [5.41, 5.74) is 5.54. The Kier molecular flexibility index (Phi) is 3.25. The van der Waals surface area contributed by atoms with E-state index in [1.807, 2.05) is 13.8 Å². The summed E-state index contributed by atoms with van der Waals surface area (Å²) in [5, 5.41) is 3.94. The molecule has 0 radical (unpaired) electrons. The van der Waals surface area contributed by atoms with Crippen molar-refractivity contribution in [3.63, 3.8) is 0 Å². The minimum atomic E-state index is -0.517. The molecule has 1 aromatic rings. The lowest BCUT2D eigenvalue weighted by atomic mass is 10.00. The highest BCUT2D eigenvalue weighted by molar-refractivity contribution is 5.02. The zero-order valence-corrected chi connectivity index (χ0v) is 9.90. The second kappa shape index (κ2) is 4.51. The van der Waals surface area contributed by atoms with Crippen LogP contribution < -0.4 is 5.73 Å². The van der Waals surface area contributed by atoms with Crippen LogP contribution in [0.2, 0.25) is 0 Å². The molecule has 2 heterocycles. The molecule has 2 atom stereocenters. The van der Waals surface area contributed by atoms with Crippen LogP contribution in [-0.2, 0) is 10.3 Å². The number of ether oxygens (including phenoxy) is 1. The quantitative estimate of drug-likeness (QED) is 0.850. The molecule has 90 valence electrons. The Hall–Kier alpha value is -0.940. The topological polar surface area (TPSA) is 74.2 Å². The van der Waals surface area contributed by atoms with E-state index >= 15 is 0 Å². The maximum atomic E-state index is 6.05. The van der Waals surface area contributed by atoms with Crippen molar-refractivity contribution >= 4 is 0 Å². The summed E-state index contributed by atoms with van der Waals surface area (Å²) in [6.45, 7) is 4.69. The second-order valence-corrected chi connectivity index (χ2v) is 4.58. The average molecular weight is 225 g/mol. The molecule has 0 saturated carbocycles. The normalized spacial score (nSPS) is 25.3. The smallest absolute Gasteiger partial charge is 0.255 e. The standard InChI is InChI=1S/C11H19N3O2/c1-3-11(2,12)10-13-9(16-14-10)8-6-4-5-7-15-8/h8H,3-7,12H2,1-2H3. The maximum Gasteiger partial charge on any atom is 0.255 e. The van der Waals surface area contributed by atoms with Crippen molar-refractivity contribution < 1.29 is 9.26 Å².